The van der Waals surface area contributed by atoms with Crippen LogP contribution in [0.25, 0.3) is 24.3 Å². The van der Waals surface area contributed by atoms with Gasteiger partial charge in [0.1, 0.15) is 0 Å². The van der Waals surface area contributed by atoms with Crippen LogP contribution >= 0.6 is 0 Å². The summed E-state index contributed by atoms with van der Waals surface area (Å²) < 4.78 is 0. The molecule has 0 aliphatic carbocycles. The van der Waals surface area contributed by atoms with Crippen molar-refractivity contribution in [3.8, 4) is 0 Å². The number of benzene rings is 4. The lowest BCUT2D eigenvalue weighted by Crippen LogP contribution is -2.03. The second-order valence-corrected chi connectivity index (χ2v) is 7.84. The molecule has 0 bridgehead atoms. The van der Waals surface area contributed by atoms with Gasteiger partial charge in [-0.1, -0.05) is 146 Å². The SMILES string of the molecule is O=C(C(C=Cc1ccccc1)=Cc1ccccc1)C(C=Cc1ccccc1)=Cc1ccccc1. The number of Topliss-reactive ketones (excluding diaryl/α,β-unsaturated/α-hetero) is 1. The maximum atomic E-state index is 13.9. The highest BCUT2D eigenvalue weighted by Crippen LogP contribution is 2.19. The van der Waals surface area contributed by atoms with E-state index in [-0.39, 0.29) is 5.78 Å². The van der Waals surface area contributed by atoms with Crippen LogP contribution in [-0.4, -0.2) is 5.78 Å². The lowest BCUT2D eigenvalue weighted by Gasteiger charge is -2.06. The molecular formula is C33H26O. The molecule has 1 nitrogen and oxygen atoms in total. The molecule has 0 amide bonds. The van der Waals surface area contributed by atoms with E-state index < -0.39 is 0 Å². The summed E-state index contributed by atoms with van der Waals surface area (Å²) >= 11 is 0. The third kappa shape index (κ3) is 6.75. The van der Waals surface area contributed by atoms with Crippen molar-refractivity contribution in [3.05, 3.63) is 167 Å². The number of carbonyl (C=O) groups excluding carboxylic acids is 1. The van der Waals surface area contributed by atoms with Crippen LogP contribution in [0.1, 0.15) is 22.3 Å². The van der Waals surface area contributed by atoms with Gasteiger partial charge in [-0.2, -0.15) is 0 Å². The van der Waals surface area contributed by atoms with Gasteiger partial charge in [-0.05, 0) is 34.4 Å². The molecule has 4 aromatic rings. The van der Waals surface area contributed by atoms with Crippen molar-refractivity contribution in [1.82, 2.24) is 0 Å². The molecule has 0 radical (unpaired) electrons. The smallest absolute Gasteiger partial charge is 0.193 e. The third-order valence-electron chi connectivity index (χ3n) is 5.28. The summed E-state index contributed by atoms with van der Waals surface area (Å²) in [4.78, 5) is 13.9. The van der Waals surface area contributed by atoms with E-state index in [4.69, 9.17) is 0 Å². The van der Waals surface area contributed by atoms with Crippen molar-refractivity contribution in [2.24, 2.45) is 0 Å². The molecule has 0 unspecified atom stereocenters. The van der Waals surface area contributed by atoms with Crippen molar-refractivity contribution in [3.63, 3.8) is 0 Å². The van der Waals surface area contributed by atoms with Gasteiger partial charge in [0.15, 0.2) is 5.78 Å². The topological polar surface area (TPSA) is 17.1 Å². The molecule has 0 N–H and O–H groups in total. The standard InChI is InChI=1S/C33H26O/c34-33(31(25-29-17-9-3-10-18-29)23-21-27-13-5-1-6-14-27)32(26-30-19-11-4-12-20-30)24-22-28-15-7-2-8-16-28/h1-26H. The van der Waals surface area contributed by atoms with E-state index in [2.05, 4.69) is 0 Å². The van der Waals surface area contributed by atoms with Crippen molar-refractivity contribution in [1.29, 1.82) is 0 Å². The van der Waals surface area contributed by atoms with Crippen LogP contribution < -0.4 is 0 Å². The average Bonchev–Trinajstić information content (AvgIpc) is 2.91. The highest BCUT2D eigenvalue weighted by Gasteiger charge is 2.12. The lowest BCUT2D eigenvalue weighted by atomic mass is 9.97. The van der Waals surface area contributed by atoms with Gasteiger partial charge in [-0.25, -0.2) is 0 Å². The number of hydrogen-bond acceptors (Lipinski definition) is 1. The Kier molecular flexibility index (Phi) is 7.97. The summed E-state index contributed by atoms with van der Waals surface area (Å²) in [6.07, 6.45) is 11.6. The number of allylic oxidation sites excluding steroid dienone is 4. The Morgan fingerprint density at radius 1 is 0.412 bits per heavy atom. The zero-order chi connectivity index (χ0) is 23.4. The highest BCUT2D eigenvalue weighted by atomic mass is 16.1. The Labute approximate surface area is 201 Å². The number of ketones is 1. The molecule has 34 heavy (non-hydrogen) atoms. The molecule has 0 atom stereocenters. The second-order valence-electron chi connectivity index (χ2n) is 7.84. The van der Waals surface area contributed by atoms with E-state index in [1.165, 1.54) is 0 Å². The minimum atomic E-state index is -0.0351. The lowest BCUT2D eigenvalue weighted by molar-refractivity contribution is -0.111. The van der Waals surface area contributed by atoms with Crippen LogP contribution in [0.3, 0.4) is 0 Å². The largest absolute Gasteiger partial charge is 0.289 e. The Balaban J connectivity index is 1.75. The predicted molar refractivity (Wildman–Crippen MR) is 145 cm³/mol. The van der Waals surface area contributed by atoms with Crippen molar-refractivity contribution < 1.29 is 4.79 Å². The summed E-state index contributed by atoms with van der Waals surface area (Å²) in [6, 6.07) is 39.9. The van der Waals surface area contributed by atoms with E-state index in [9.17, 15) is 4.79 Å². The summed E-state index contributed by atoms with van der Waals surface area (Å²) in [5, 5.41) is 0. The molecule has 1 heteroatoms. The van der Waals surface area contributed by atoms with Gasteiger partial charge in [0.25, 0.3) is 0 Å². The maximum Gasteiger partial charge on any atom is 0.193 e. The predicted octanol–water partition coefficient (Wildman–Crippen LogP) is 8.15. The van der Waals surface area contributed by atoms with Crippen LogP contribution in [0, 0.1) is 0 Å². The number of rotatable bonds is 8. The first-order chi connectivity index (χ1) is 16.8. The van der Waals surface area contributed by atoms with E-state index in [0.29, 0.717) is 11.1 Å². The van der Waals surface area contributed by atoms with Gasteiger partial charge in [-0.3, -0.25) is 4.79 Å². The third-order valence-corrected chi connectivity index (χ3v) is 5.28. The molecule has 0 aliphatic heterocycles. The van der Waals surface area contributed by atoms with E-state index >= 15 is 0 Å². The molecule has 4 rings (SSSR count). The first-order valence-electron chi connectivity index (χ1n) is 11.3. The molecule has 0 heterocycles. The molecule has 0 aromatic heterocycles. The van der Waals surface area contributed by atoms with E-state index in [1.54, 1.807) is 0 Å². The van der Waals surface area contributed by atoms with Crippen molar-refractivity contribution in [2.45, 2.75) is 0 Å². The molecule has 0 fully saturated rings. The van der Waals surface area contributed by atoms with Crippen LogP contribution in [0.5, 0.6) is 0 Å². The zero-order valence-corrected chi connectivity index (χ0v) is 18.9. The Morgan fingerprint density at radius 3 is 1.03 bits per heavy atom. The highest BCUT2D eigenvalue weighted by molar-refractivity contribution is 6.17. The van der Waals surface area contributed by atoms with Gasteiger partial charge in [0.05, 0.1) is 0 Å². The minimum absolute atomic E-state index is 0.0351. The normalized spacial score (nSPS) is 12.4. The summed E-state index contributed by atoms with van der Waals surface area (Å²) in [6.45, 7) is 0. The molecule has 0 saturated heterocycles. The summed E-state index contributed by atoms with van der Waals surface area (Å²) in [7, 11) is 0. The molecule has 0 saturated carbocycles. The Morgan fingerprint density at radius 2 is 0.706 bits per heavy atom. The van der Waals surface area contributed by atoms with Gasteiger partial charge < -0.3 is 0 Å². The fourth-order valence-corrected chi connectivity index (χ4v) is 3.50. The van der Waals surface area contributed by atoms with Crippen molar-refractivity contribution in [2.75, 3.05) is 0 Å². The van der Waals surface area contributed by atoms with E-state index in [1.807, 2.05) is 158 Å². The fraction of sp³-hybridized carbons (Fsp3) is 0. The average molecular weight is 439 g/mol. The van der Waals surface area contributed by atoms with Gasteiger partial charge in [0, 0.05) is 11.1 Å². The van der Waals surface area contributed by atoms with Gasteiger partial charge >= 0.3 is 0 Å². The van der Waals surface area contributed by atoms with Crippen molar-refractivity contribution >= 4 is 30.1 Å². The number of hydrogen-bond donors (Lipinski definition) is 0. The van der Waals surface area contributed by atoms with Crippen LogP contribution in [0.2, 0.25) is 0 Å². The second kappa shape index (κ2) is 11.9. The van der Waals surface area contributed by atoms with E-state index in [0.717, 1.165) is 22.3 Å². The first-order valence-corrected chi connectivity index (χ1v) is 11.3. The number of carbonyl (C=O) groups is 1. The molecule has 0 spiro atoms. The molecular weight excluding hydrogens is 412 g/mol. The quantitative estimate of drug-likeness (QED) is 0.200. The molecule has 164 valence electrons. The maximum absolute atomic E-state index is 13.9. The first kappa shape index (κ1) is 22.7. The summed E-state index contributed by atoms with van der Waals surface area (Å²) in [5.41, 5.74) is 5.29. The summed E-state index contributed by atoms with van der Waals surface area (Å²) in [5.74, 6) is -0.0351. The van der Waals surface area contributed by atoms with Gasteiger partial charge in [-0.15, -0.1) is 0 Å². The monoisotopic (exact) mass is 438 g/mol. The Bertz CT molecular complexity index is 1210. The van der Waals surface area contributed by atoms with Crippen LogP contribution in [-0.2, 0) is 4.79 Å². The zero-order valence-electron chi connectivity index (χ0n) is 18.9. The van der Waals surface area contributed by atoms with Crippen LogP contribution in [0.4, 0.5) is 0 Å². The molecule has 0 aliphatic rings. The fourth-order valence-electron chi connectivity index (χ4n) is 3.50. The van der Waals surface area contributed by atoms with Crippen LogP contribution in [0.15, 0.2) is 145 Å². The minimum Gasteiger partial charge on any atom is -0.289 e. The molecule has 4 aromatic carbocycles. The Hall–Kier alpha value is -4.49. The van der Waals surface area contributed by atoms with Gasteiger partial charge in [0.2, 0.25) is 0 Å².